The predicted octanol–water partition coefficient (Wildman–Crippen LogP) is 2.37. The van der Waals surface area contributed by atoms with Gasteiger partial charge in [-0.15, -0.1) is 12.4 Å². The van der Waals surface area contributed by atoms with Crippen molar-refractivity contribution in [3.63, 3.8) is 0 Å². The summed E-state index contributed by atoms with van der Waals surface area (Å²) in [6.07, 6.45) is 4.39. The van der Waals surface area contributed by atoms with Gasteiger partial charge in [0.05, 0.1) is 12.0 Å². The van der Waals surface area contributed by atoms with E-state index in [9.17, 15) is 9.59 Å². The van der Waals surface area contributed by atoms with Crippen molar-refractivity contribution in [1.29, 1.82) is 0 Å². The predicted molar refractivity (Wildman–Crippen MR) is 103 cm³/mol. The van der Waals surface area contributed by atoms with Gasteiger partial charge in [-0.2, -0.15) is 0 Å². The van der Waals surface area contributed by atoms with Crippen LogP contribution in [0.15, 0.2) is 30.3 Å². The van der Waals surface area contributed by atoms with E-state index in [0.717, 1.165) is 37.9 Å². The van der Waals surface area contributed by atoms with E-state index in [1.165, 1.54) is 0 Å². The number of fused-ring (bicyclic) bond motifs is 2. The zero-order chi connectivity index (χ0) is 17.4. The molecular formula is C20H28ClN3O2. The molecule has 6 heteroatoms. The van der Waals surface area contributed by atoms with Gasteiger partial charge in [0.15, 0.2) is 0 Å². The molecule has 1 aromatic rings. The lowest BCUT2D eigenvalue weighted by atomic mass is 9.83. The molecule has 4 unspecified atom stereocenters. The second-order valence-corrected chi connectivity index (χ2v) is 7.63. The molecule has 3 fully saturated rings. The van der Waals surface area contributed by atoms with Gasteiger partial charge in [-0.25, -0.2) is 0 Å². The molecule has 0 aromatic heterocycles. The lowest BCUT2D eigenvalue weighted by Gasteiger charge is -2.41. The Labute approximate surface area is 161 Å². The molecule has 0 radical (unpaired) electrons. The molecule has 2 bridgehead atoms. The van der Waals surface area contributed by atoms with Crippen LogP contribution < -0.4 is 5.32 Å². The first-order valence-electron chi connectivity index (χ1n) is 9.50. The van der Waals surface area contributed by atoms with Gasteiger partial charge in [-0.05, 0) is 37.8 Å². The molecule has 5 nitrogen and oxygen atoms in total. The largest absolute Gasteiger partial charge is 0.338 e. The van der Waals surface area contributed by atoms with Gasteiger partial charge in [0, 0.05) is 32.1 Å². The van der Waals surface area contributed by atoms with E-state index in [-0.39, 0.29) is 36.2 Å². The van der Waals surface area contributed by atoms with Crippen LogP contribution in [0.4, 0.5) is 0 Å². The molecule has 4 rings (SSSR count). The average Bonchev–Trinajstić information content (AvgIpc) is 2.90. The van der Waals surface area contributed by atoms with Crippen molar-refractivity contribution in [3.8, 4) is 0 Å². The first-order valence-corrected chi connectivity index (χ1v) is 9.50. The second-order valence-electron chi connectivity index (χ2n) is 7.63. The molecule has 0 saturated carbocycles. The van der Waals surface area contributed by atoms with E-state index in [2.05, 4.69) is 10.2 Å². The molecule has 3 aliphatic heterocycles. The van der Waals surface area contributed by atoms with E-state index in [1.54, 1.807) is 4.90 Å². The molecule has 1 N–H and O–H groups in total. The van der Waals surface area contributed by atoms with E-state index >= 15 is 0 Å². The van der Waals surface area contributed by atoms with E-state index in [1.807, 2.05) is 37.4 Å². The van der Waals surface area contributed by atoms with Gasteiger partial charge in [-0.3, -0.25) is 9.59 Å². The fraction of sp³-hybridized carbons (Fsp3) is 0.600. The monoisotopic (exact) mass is 377 g/mol. The maximum atomic E-state index is 13.6. The summed E-state index contributed by atoms with van der Waals surface area (Å²) in [7, 11) is 1.85. The molecule has 0 aliphatic carbocycles. The third kappa shape index (κ3) is 3.35. The minimum atomic E-state index is -0.148. The smallest absolute Gasteiger partial charge is 0.228 e. The second kappa shape index (κ2) is 7.97. The van der Waals surface area contributed by atoms with Crippen LogP contribution in [0, 0.1) is 5.92 Å². The SMILES string of the molecule is CN1C(=O)CCC(C(=O)N2C3CCNCC2CC3)C1c1ccccc1.Cl. The Morgan fingerprint density at radius 1 is 1.08 bits per heavy atom. The van der Waals surface area contributed by atoms with Crippen LogP contribution in [0.2, 0.25) is 0 Å². The van der Waals surface area contributed by atoms with Crippen molar-refractivity contribution >= 4 is 24.2 Å². The van der Waals surface area contributed by atoms with Gasteiger partial charge >= 0.3 is 0 Å². The average molecular weight is 378 g/mol. The van der Waals surface area contributed by atoms with Gasteiger partial charge in [0.2, 0.25) is 11.8 Å². The lowest BCUT2D eigenvalue weighted by molar-refractivity contribution is -0.148. The molecule has 3 aliphatic rings. The fourth-order valence-corrected chi connectivity index (χ4v) is 4.94. The summed E-state index contributed by atoms with van der Waals surface area (Å²) in [5, 5.41) is 3.47. The minimum Gasteiger partial charge on any atom is -0.338 e. The van der Waals surface area contributed by atoms with E-state index < -0.39 is 0 Å². The van der Waals surface area contributed by atoms with Crippen molar-refractivity contribution in [2.24, 2.45) is 5.92 Å². The zero-order valence-electron chi connectivity index (χ0n) is 15.3. The lowest BCUT2D eigenvalue weighted by Crippen LogP contribution is -2.51. The Balaban J connectivity index is 0.00000196. The first-order chi connectivity index (χ1) is 12.2. The van der Waals surface area contributed by atoms with Crippen molar-refractivity contribution in [2.45, 2.75) is 50.2 Å². The Morgan fingerprint density at radius 2 is 1.81 bits per heavy atom. The Kier molecular flexibility index (Phi) is 5.88. The molecule has 3 heterocycles. The number of halogens is 1. The fourth-order valence-electron chi connectivity index (χ4n) is 4.94. The molecule has 142 valence electrons. The number of nitrogens with one attached hydrogen (secondary N) is 1. The number of rotatable bonds is 2. The van der Waals surface area contributed by atoms with Crippen molar-refractivity contribution < 1.29 is 9.59 Å². The minimum absolute atomic E-state index is 0. The van der Waals surface area contributed by atoms with Crippen molar-refractivity contribution in [3.05, 3.63) is 35.9 Å². The molecule has 26 heavy (non-hydrogen) atoms. The highest BCUT2D eigenvalue weighted by atomic mass is 35.5. The van der Waals surface area contributed by atoms with Crippen LogP contribution in [0.5, 0.6) is 0 Å². The summed E-state index contributed by atoms with van der Waals surface area (Å²) in [5.41, 5.74) is 1.07. The highest BCUT2D eigenvalue weighted by Crippen LogP contribution is 2.39. The Morgan fingerprint density at radius 3 is 2.58 bits per heavy atom. The maximum absolute atomic E-state index is 13.6. The normalized spacial score (nSPS) is 31.3. The van der Waals surface area contributed by atoms with Crippen LogP contribution in [-0.4, -0.2) is 53.8 Å². The van der Waals surface area contributed by atoms with Crippen molar-refractivity contribution in [2.75, 3.05) is 20.1 Å². The van der Waals surface area contributed by atoms with Crippen LogP contribution in [0.1, 0.15) is 43.7 Å². The number of carbonyl (C=O) groups excluding carboxylic acids is 2. The summed E-state index contributed by atoms with van der Waals surface area (Å²) in [5.74, 6) is 0.258. The van der Waals surface area contributed by atoms with E-state index in [0.29, 0.717) is 24.9 Å². The highest BCUT2D eigenvalue weighted by Gasteiger charge is 2.45. The number of amides is 2. The number of benzene rings is 1. The van der Waals surface area contributed by atoms with Crippen LogP contribution in [-0.2, 0) is 9.59 Å². The van der Waals surface area contributed by atoms with Gasteiger partial charge in [0.25, 0.3) is 0 Å². The molecule has 4 atom stereocenters. The molecule has 1 aromatic carbocycles. The maximum Gasteiger partial charge on any atom is 0.228 e. The van der Waals surface area contributed by atoms with Gasteiger partial charge in [0.1, 0.15) is 0 Å². The topological polar surface area (TPSA) is 52.7 Å². The molecular weight excluding hydrogens is 350 g/mol. The van der Waals surface area contributed by atoms with Gasteiger partial charge in [-0.1, -0.05) is 30.3 Å². The first kappa shape index (κ1) is 19.2. The summed E-state index contributed by atoms with van der Waals surface area (Å²) in [6, 6.07) is 10.6. The number of piperidine rings is 1. The quantitative estimate of drug-likeness (QED) is 0.860. The summed E-state index contributed by atoms with van der Waals surface area (Å²) >= 11 is 0. The van der Waals surface area contributed by atoms with Crippen molar-refractivity contribution in [1.82, 2.24) is 15.1 Å². The number of likely N-dealkylation sites (tertiary alicyclic amines) is 1. The van der Waals surface area contributed by atoms with Crippen LogP contribution >= 0.6 is 12.4 Å². The van der Waals surface area contributed by atoms with Gasteiger partial charge < -0.3 is 15.1 Å². The number of hydrogen-bond donors (Lipinski definition) is 1. The Bertz CT molecular complexity index is 640. The third-order valence-electron chi connectivity index (χ3n) is 6.23. The molecule has 3 saturated heterocycles. The summed E-state index contributed by atoms with van der Waals surface area (Å²) < 4.78 is 0. The molecule has 0 spiro atoms. The zero-order valence-corrected chi connectivity index (χ0v) is 16.1. The third-order valence-corrected chi connectivity index (χ3v) is 6.23. The number of hydrogen-bond acceptors (Lipinski definition) is 3. The number of carbonyl (C=O) groups is 2. The van der Waals surface area contributed by atoms with Crippen LogP contribution in [0.3, 0.4) is 0 Å². The summed E-state index contributed by atoms with van der Waals surface area (Å²) in [6.45, 7) is 1.90. The van der Waals surface area contributed by atoms with Crippen LogP contribution in [0.25, 0.3) is 0 Å². The summed E-state index contributed by atoms with van der Waals surface area (Å²) in [4.78, 5) is 29.8. The van der Waals surface area contributed by atoms with E-state index in [4.69, 9.17) is 0 Å². The Hall–Kier alpha value is -1.59. The number of nitrogens with zero attached hydrogens (tertiary/aromatic N) is 2. The highest BCUT2D eigenvalue weighted by molar-refractivity contribution is 5.86. The molecule has 2 amide bonds. The standard InChI is InChI=1S/C20H27N3O2.ClH/c1-22-18(24)10-9-17(19(22)14-5-3-2-4-6-14)20(25)23-15-7-8-16(23)13-21-12-11-15;/h2-6,15-17,19,21H,7-13H2,1H3;1H.